The van der Waals surface area contributed by atoms with Crippen LogP contribution in [0.4, 0.5) is 21.5 Å². The number of nitrogens with two attached hydrogens (primary N) is 1. The third-order valence-corrected chi connectivity index (χ3v) is 4.17. The van der Waals surface area contributed by atoms with Crippen molar-refractivity contribution < 1.29 is 13.9 Å². The highest BCUT2D eigenvalue weighted by atomic mass is 35.5. The van der Waals surface area contributed by atoms with Crippen molar-refractivity contribution in [2.45, 2.75) is 0 Å². The minimum absolute atomic E-state index is 0.247. The molecule has 0 saturated carbocycles. The molecule has 0 aliphatic heterocycles. The number of rotatable bonds is 7. The SMILES string of the molecule is CNC(=O)c1cc(Oc2ccc(NCNc3ccc(Cl)cc3F)c(N)c2)ccn1. The van der Waals surface area contributed by atoms with E-state index in [0.717, 1.165) is 0 Å². The number of aromatic nitrogens is 1. The first-order valence-electron chi connectivity index (χ1n) is 8.64. The number of pyridine rings is 1. The molecule has 1 aromatic heterocycles. The zero-order valence-corrected chi connectivity index (χ0v) is 16.3. The molecule has 0 aliphatic carbocycles. The Bertz CT molecular complexity index is 1030. The van der Waals surface area contributed by atoms with E-state index in [0.29, 0.717) is 33.6 Å². The van der Waals surface area contributed by atoms with Crippen molar-refractivity contribution in [3.05, 3.63) is 71.3 Å². The number of anilines is 3. The van der Waals surface area contributed by atoms with Crippen molar-refractivity contribution in [3.8, 4) is 11.5 Å². The van der Waals surface area contributed by atoms with Gasteiger partial charge in [-0.05, 0) is 36.4 Å². The number of nitrogens with zero attached hydrogens (tertiary/aromatic N) is 1. The summed E-state index contributed by atoms with van der Waals surface area (Å²) in [4.78, 5) is 15.6. The predicted molar refractivity (Wildman–Crippen MR) is 112 cm³/mol. The number of carbonyl (C=O) groups is 1. The summed E-state index contributed by atoms with van der Waals surface area (Å²) in [6.45, 7) is 0.253. The molecule has 0 aliphatic rings. The normalized spacial score (nSPS) is 10.3. The highest BCUT2D eigenvalue weighted by Gasteiger charge is 2.08. The Morgan fingerprint density at radius 3 is 2.55 bits per heavy atom. The number of carbonyl (C=O) groups excluding carboxylic acids is 1. The van der Waals surface area contributed by atoms with Crippen LogP contribution >= 0.6 is 11.6 Å². The zero-order chi connectivity index (χ0) is 20.8. The summed E-state index contributed by atoms with van der Waals surface area (Å²) in [7, 11) is 1.53. The molecule has 0 unspecified atom stereocenters. The third-order valence-electron chi connectivity index (χ3n) is 3.94. The van der Waals surface area contributed by atoms with Gasteiger partial charge in [0.1, 0.15) is 23.0 Å². The molecule has 0 atom stereocenters. The average molecular weight is 416 g/mol. The van der Waals surface area contributed by atoms with Gasteiger partial charge < -0.3 is 26.4 Å². The van der Waals surface area contributed by atoms with Gasteiger partial charge in [-0.1, -0.05) is 11.6 Å². The standard InChI is InChI=1S/C20H19ClFN5O2/c1-24-20(28)19-10-14(6-7-25-19)29-13-3-5-18(16(23)9-13)27-11-26-17-4-2-12(21)8-15(17)22/h2-10,26-27H,11,23H2,1H3,(H,24,28). The Morgan fingerprint density at radius 2 is 1.83 bits per heavy atom. The molecule has 3 rings (SSSR count). The van der Waals surface area contributed by atoms with Crippen LogP contribution in [0.5, 0.6) is 11.5 Å². The summed E-state index contributed by atoms with van der Waals surface area (Å²) >= 11 is 5.74. The van der Waals surface area contributed by atoms with Crippen molar-refractivity contribution in [2.24, 2.45) is 0 Å². The van der Waals surface area contributed by atoms with Crippen molar-refractivity contribution in [1.82, 2.24) is 10.3 Å². The summed E-state index contributed by atoms with van der Waals surface area (Å²) in [5.41, 5.74) is 7.74. The molecule has 150 valence electrons. The number of nitrogens with one attached hydrogen (secondary N) is 3. The number of amides is 1. The quantitative estimate of drug-likeness (QED) is 0.342. The zero-order valence-electron chi connectivity index (χ0n) is 15.5. The fourth-order valence-corrected chi connectivity index (χ4v) is 2.65. The van der Waals surface area contributed by atoms with E-state index in [-0.39, 0.29) is 18.3 Å². The van der Waals surface area contributed by atoms with Gasteiger partial charge in [0.15, 0.2) is 0 Å². The number of hydrogen-bond acceptors (Lipinski definition) is 6. The number of nitrogen functional groups attached to an aromatic ring is 1. The molecule has 9 heteroatoms. The van der Waals surface area contributed by atoms with E-state index in [4.69, 9.17) is 22.1 Å². The van der Waals surface area contributed by atoms with E-state index in [2.05, 4.69) is 20.9 Å². The number of ether oxygens (including phenoxy) is 1. The molecular weight excluding hydrogens is 397 g/mol. The molecule has 0 fully saturated rings. The molecule has 2 aromatic carbocycles. The number of hydrogen-bond donors (Lipinski definition) is 4. The first-order valence-corrected chi connectivity index (χ1v) is 9.02. The highest BCUT2D eigenvalue weighted by Crippen LogP contribution is 2.28. The summed E-state index contributed by atoms with van der Waals surface area (Å²) in [6, 6.07) is 12.7. The fourth-order valence-electron chi connectivity index (χ4n) is 2.50. The fraction of sp³-hybridized carbons (Fsp3) is 0.100. The maximum Gasteiger partial charge on any atom is 0.269 e. The second kappa shape index (κ2) is 9.11. The Labute approximate surface area is 172 Å². The van der Waals surface area contributed by atoms with Gasteiger partial charge in [-0.15, -0.1) is 0 Å². The van der Waals surface area contributed by atoms with E-state index in [1.54, 1.807) is 36.4 Å². The van der Waals surface area contributed by atoms with E-state index < -0.39 is 5.82 Å². The van der Waals surface area contributed by atoms with Crippen LogP contribution in [0.3, 0.4) is 0 Å². The molecule has 1 amide bonds. The third kappa shape index (κ3) is 5.26. The molecule has 0 bridgehead atoms. The van der Waals surface area contributed by atoms with Gasteiger partial charge in [-0.25, -0.2) is 4.39 Å². The molecule has 5 N–H and O–H groups in total. The number of halogens is 2. The van der Waals surface area contributed by atoms with E-state index in [1.165, 1.54) is 25.4 Å². The van der Waals surface area contributed by atoms with Crippen molar-refractivity contribution in [3.63, 3.8) is 0 Å². The Morgan fingerprint density at radius 1 is 1.10 bits per heavy atom. The molecule has 0 saturated heterocycles. The van der Waals surface area contributed by atoms with Gasteiger partial charge in [-0.3, -0.25) is 9.78 Å². The van der Waals surface area contributed by atoms with Crippen LogP contribution in [0.15, 0.2) is 54.7 Å². The molecule has 29 heavy (non-hydrogen) atoms. The minimum Gasteiger partial charge on any atom is -0.457 e. The summed E-state index contributed by atoms with van der Waals surface area (Å²) in [5.74, 6) is 0.209. The molecule has 1 heterocycles. The van der Waals surface area contributed by atoms with Crippen LogP contribution in [0.1, 0.15) is 10.5 Å². The van der Waals surface area contributed by atoms with Crippen molar-refractivity contribution in [2.75, 3.05) is 30.1 Å². The molecule has 7 nitrogen and oxygen atoms in total. The van der Waals surface area contributed by atoms with Gasteiger partial charge in [0.05, 0.1) is 23.7 Å². The average Bonchev–Trinajstić information content (AvgIpc) is 2.70. The minimum atomic E-state index is -0.440. The lowest BCUT2D eigenvalue weighted by atomic mass is 10.2. The van der Waals surface area contributed by atoms with Crippen LogP contribution < -0.4 is 26.4 Å². The van der Waals surface area contributed by atoms with Crippen molar-refractivity contribution in [1.29, 1.82) is 0 Å². The van der Waals surface area contributed by atoms with Gasteiger partial charge in [0.25, 0.3) is 5.91 Å². The van der Waals surface area contributed by atoms with Gasteiger partial charge in [-0.2, -0.15) is 0 Å². The van der Waals surface area contributed by atoms with Gasteiger partial charge in [0.2, 0.25) is 0 Å². The lowest BCUT2D eigenvalue weighted by Crippen LogP contribution is -2.18. The largest absolute Gasteiger partial charge is 0.457 e. The first kappa shape index (κ1) is 20.2. The number of benzene rings is 2. The van der Waals surface area contributed by atoms with E-state index >= 15 is 0 Å². The monoisotopic (exact) mass is 415 g/mol. The molecule has 0 spiro atoms. The van der Waals surface area contributed by atoms with Gasteiger partial charge in [0, 0.05) is 30.4 Å². The maximum absolute atomic E-state index is 13.8. The lowest BCUT2D eigenvalue weighted by molar-refractivity contribution is 0.0958. The van der Waals surface area contributed by atoms with Crippen molar-refractivity contribution >= 4 is 34.6 Å². The smallest absolute Gasteiger partial charge is 0.269 e. The Kier molecular flexibility index (Phi) is 6.36. The lowest BCUT2D eigenvalue weighted by Gasteiger charge is -2.13. The first-order chi connectivity index (χ1) is 14.0. The second-order valence-corrected chi connectivity index (χ2v) is 6.40. The summed E-state index contributed by atoms with van der Waals surface area (Å²) in [6.07, 6.45) is 1.49. The Hall–Kier alpha value is -3.52. The second-order valence-electron chi connectivity index (χ2n) is 5.96. The summed E-state index contributed by atoms with van der Waals surface area (Å²) < 4.78 is 19.5. The highest BCUT2D eigenvalue weighted by molar-refractivity contribution is 6.30. The van der Waals surface area contributed by atoms with E-state index in [1.807, 2.05) is 0 Å². The topological polar surface area (TPSA) is 101 Å². The van der Waals surface area contributed by atoms with E-state index in [9.17, 15) is 9.18 Å². The maximum atomic E-state index is 13.8. The molecule has 3 aromatic rings. The summed E-state index contributed by atoms with van der Waals surface area (Å²) in [5, 5.41) is 8.82. The van der Waals surface area contributed by atoms with Crippen LogP contribution in [-0.4, -0.2) is 24.6 Å². The van der Waals surface area contributed by atoms with Crippen LogP contribution in [0.2, 0.25) is 5.02 Å². The van der Waals surface area contributed by atoms with Crippen LogP contribution in [0.25, 0.3) is 0 Å². The van der Waals surface area contributed by atoms with Crippen LogP contribution in [0, 0.1) is 5.82 Å². The predicted octanol–water partition coefficient (Wildman–Crippen LogP) is 4.09. The van der Waals surface area contributed by atoms with Gasteiger partial charge >= 0.3 is 0 Å². The Balaban J connectivity index is 1.62. The van der Waals surface area contributed by atoms with Crippen LogP contribution in [-0.2, 0) is 0 Å². The molecular formula is C20H19ClFN5O2. The molecule has 0 radical (unpaired) electrons.